The second-order valence-corrected chi connectivity index (χ2v) is 7.39. The molecular formula is C18H25N3O4. The van der Waals surface area contributed by atoms with Gasteiger partial charge < -0.3 is 10.2 Å². The van der Waals surface area contributed by atoms with Crippen LogP contribution in [0.15, 0.2) is 12.2 Å². The molecule has 1 heterocycles. The summed E-state index contributed by atoms with van der Waals surface area (Å²) in [5.74, 6) is -1.42. The van der Waals surface area contributed by atoms with Crippen LogP contribution in [-0.2, 0) is 19.2 Å². The number of amides is 4. The molecule has 4 amide bonds. The maximum absolute atomic E-state index is 12.6. The molecule has 0 spiro atoms. The average molecular weight is 347 g/mol. The Balaban J connectivity index is 1.63. The zero-order valence-corrected chi connectivity index (χ0v) is 14.9. The van der Waals surface area contributed by atoms with Gasteiger partial charge in [-0.25, -0.2) is 0 Å². The quantitative estimate of drug-likeness (QED) is 0.548. The molecule has 3 aliphatic rings. The van der Waals surface area contributed by atoms with Gasteiger partial charge in [-0.05, 0) is 39.0 Å². The van der Waals surface area contributed by atoms with Crippen LogP contribution >= 0.6 is 0 Å². The molecule has 1 N–H and O–H groups in total. The maximum atomic E-state index is 12.6. The molecule has 2 aliphatic carbocycles. The number of imide groups is 1. The molecule has 4 unspecified atom stereocenters. The number of likely N-dealkylation sites (N-methyl/N-ethyl adjacent to an activating group) is 1. The van der Waals surface area contributed by atoms with E-state index in [1.165, 1.54) is 4.90 Å². The Morgan fingerprint density at radius 3 is 2.24 bits per heavy atom. The zero-order valence-electron chi connectivity index (χ0n) is 14.9. The third-order valence-electron chi connectivity index (χ3n) is 5.37. The lowest BCUT2D eigenvalue weighted by Crippen LogP contribution is -2.47. The van der Waals surface area contributed by atoms with E-state index in [1.807, 2.05) is 26.0 Å². The summed E-state index contributed by atoms with van der Waals surface area (Å²) in [6.07, 6.45) is 4.92. The lowest BCUT2D eigenvalue weighted by atomic mass is 9.85. The zero-order chi connectivity index (χ0) is 18.3. The first-order valence-electron chi connectivity index (χ1n) is 8.94. The molecule has 0 aromatic rings. The van der Waals surface area contributed by atoms with Crippen molar-refractivity contribution < 1.29 is 19.2 Å². The Bertz CT molecular complexity index is 612. The van der Waals surface area contributed by atoms with Crippen molar-refractivity contribution in [3.05, 3.63) is 12.2 Å². The largest absolute Gasteiger partial charge is 0.352 e. The van der Waals surface area contributed by atoms with Crippen LogP contribution in [0.4, 0.5) is 0 Å². The van der Waals surface area contributed by atoms with Gasteiger partial charge in [0.1, 0.15) is 6.54 Å². The van der Waals surface area contributed by atoms with Crippen LogP contribution in [0.25, 0.3) is 0 Å². The number of nitrogens with zero attached hydrogens (tertiary/aromatic N) is 2. The fourth-order valence-corrected chi connectivity index (χ4v) is 4.27. The van der Waals surface area contributed by atoms with Crippen molar-refractivity contribution in [2.75, 3.05) is 19.6 Å². The van der Waals surface area contributed by atoms with Gasteiger partial charge in [-0.3, -0.25) is 24.1 Å². The van der Waals surface area contributed by atoms with Crippen LogP contribution < -0.4 is 5.32 Å². The van der Waals surface area contributed by atoms with Crippen molar-refractivity contribution in [3.63, 3.8) is 0 Å². The normalized spacial score (nSPS) is 29.5. The smallest absolute Gasteiger partial charge is 0.243 e. The number of allylic oxidation sites excluding steroid dienone is 2. The molecule has 0 radical (unpaired) electrons. The molecule has 2 fully saturated rings. The predicted octanol–water partition coefficient (Wildman–Crippen LogP) is 0.167. The van der Waals surface area contributed by atoms with Crippen LogP contribution in [0.1, 0.15) is 27.2 Å². The van der Waals surface area contributed by atoms with E-state index in [0.717, 1.165) is 11.3 Å². The lowest BCUT2D eigenvalue weighted by Gasteiger charge is -2.24. The topological polar surface area (TPSA) is 86.8 Å². The molecule has 0 aromatic heterocycles. The summed E-state index contributed by atoms with van der Waals surface area (Å²) >= 11 is 0. The van der Waals surface area contributed by atoms with Gasteiger partial charge in [-0.1, -0.05) is 12.2 Å². The molecule has 1 saturated carbocycles. The van der Waals surface area contributed by atoms with Crippen molar-refractivity contribution in [1.82, 2.24) is 15.1 Å². The Morgan fingerprint density at radius 1 is 1.20 bits per heavy atom. The lowest BCUT2D eigenvalue weighted by molar-refractivity contribution is -0.147. The van der Waals surface area contributed by atoms with E-state index >= 15 is 0 Å². The van der Waals surface area contributed by atoms with E-state index in [2.05, 4.69) is 5.32 Å². The van der Waals surface area contributed by atoms with Crippen LogP contribution in [0.5, 0.6) is 0 Å². The summed E-state index contributed by atoms with van der Waals surface area (Å²) < 4.78 is 0. The molecule has 3 rings (SSSR count). The number of rotatable bonds is 6. The monoisotopic (exact) mass is 347 g/mol. The number of fused-ring (bicyclic) bond motifs is 5. The van der Waals surface area contributed by atoms with Crippen molar-refractivity contribution in [2.45, 2.75) is 33.2 Å². The van der Waals surface area contributed by atoms with Crippen molar-refractivity contribution in [1.29, 1.82) is 0 Å². The summed E-state index contributed by atoms with van der Waals surface area (Å²) in [6, 6.07) is -0.00889. The fraction of sp³-hybridized carbons (Fsp3) is 0.667. The van der Waals surface area contributed by atoms with Gasteiger partial charge in [0.2, 0.25) is 23.6 Å². The first-order valence-corrected chi connectivity index (χ1v) is 8.94. The molecule has 136 valence electrons. The molecule has 1 saturated heterocycles. The second kappa shape index (κ2) is 6.61. The molecular weight excluding hydrogens is 322 g/mol. The first-order chi connectivity index (χ1) is 11.8. The fourth-order valence-electron chi connectivity index (χ4n) is 4.27. The van der Waals surface area contributed by atoms with Crippen LogP contribution in [0.2, 0.25) is 0 Å². The van der Waals surface area contributed by atoms with E-state index < -0.39 is 0 Å². The summed E-state index contributed by atoms with van der Waals surface area (Å²) in [6.45, 7) is 5.47. The number of nitrogens with one attached hydrogen (secondary N) is 1. The Kier molecular flexibility index (Phi) is 4.67. The third-order valence-corrected chi connectivity index (χ3v) is 5.37. The molecule has 2 bridgehead atoms. The number of carbonyl (C=O) groups is 4. The van der Waals surface area contributed by atoms with Crippen molar-refractivity contribution in [2.24, 2.45) is 23.7 Å². The molecule has 7 heteroatoms. The van der Waals surface area contributed by atoms with Gasteiger partial charge in [0, 0.05) is 12.6 Å². The van der Waals surface area contributed by atoms with E-state index in [4.69, 9.17) is 0 Å². The van der Waals surface area contributed by atoms with E-state index in [0.29, 0.717) is 6.54 Å². The minimum Gasteiger partial charge on any atom is -0.352 e. The average Bonchev–Trinajstić information content (AvgIpc) is 3.21. The van der Waals surface area contributed by atoms with Crippen molar-refractivity contribution in [3.8, 4) is 0 Å². The van der Waals surface area contributed by atoms with E-state index in [-0.39, 0.29) is 66.4 Å². The van der Waals surface area contributed by atoms with Gasteiger partial charge in [-0.15, -0.1) is 0 Å². The predicted molar refractivity (Wildman–Crippen MR) is 90.0 cm³/mol. The van der Waals surface area contributed by atoms with Gasteiger partial charge in [0.05, 0.1) is 18.4 Å². The molecule has 7 nitrogen and oxygen atoms in total. The van der Waals surface area contributed by atoms with Gasteiger partial charge >= 0.3 is 0 Å². The highest BCUT2D eigenvalue weighted by Crippen LogP contribution is 2.52. The summed E-state index contributed by atoms with van der Waals surface area (Å²) in [5, 5.41) is 2.74. The van der Waals surface area contributed by atoms with Crippen LogP contribution in [0.3, 0.4) is 0 Å². The van der Waals surface area contributed by atoms with Crippen LogP contribution in [0, 0.1) is 23.7 Å². The minimum absolute atomic E-state index is 0.00889. The maximum Gasteiger partial charge on any atom is 0.243 e. The highest BCUT2D eigenvalue weighted by Gasteiger charge is 2.59. The number of likely N-dealkylation sites (tertiary alicyclic amines) is 1. The number of hydrogen-bond acceptors (Lipinski definition) is 4. The third kappa shape index (κ3) is 3.07. The minimum atomic E-state index is -0.372. The molecule has 0 aromatic carbocycles. The van der Waals surface area contributed by atoms with E-state index in [1.54, 1.807) is 6.92 Å². The van der Waals surface area contributed by atoms with Crippen LogP contribution in [-0.4, -0.2) is 59.1 Å². The first kappa shape index (κ1) is 17.6. The van der Waals surface area contributed by atoms with Gasteiger partial charge in [0.25, 0.3) is 0 Å². The molecule has 1 aliphatic heterocycles. The van der Waals surface area contributed by atoms with E-state index in [9.17, 15) is 19.2 Å². The second-order valence-electron chi connectivity index (χ2n) is 7.39. The number of hydrogen-bond donors (Lipinski definition) is 1. The standard InChI is InChI=1S/C18H25N3O4/c1-4-20(8-13(22)19-10(2)3)14(23)9-21-17(24)15-11-5-6-12(7-11)16(15)18(21)25/h5-6,10-12,15-16H,4,7-9H2,1-3H3,(H,19,22). The Hall–Kier alpha value is -2.18. The summed E-state index contributed by atoms with van der Waals surface area (Å²) in [4.78, 5) is 52.1. The summed E-state index contributed by atoms with van der Waals surface area (Å²) in [5.41, 5.74) is 0. The summed E-state index contributed by atoms with van der Waals surface area (Å²) in [7, 11) is 0. The molecule has 25 heavy (non-hydrogen) atoms. The Morgan fingerprint density at radius 2 is 1.76 bits per heavy atom. The van der Waals surface area contributed by atoms with Gasteiger partial charge in [-0.2, -0.15) is 0 Å². The SMILES string of the molecule is CCN(CC(=O)NC(C)C)C(=O)CN1C(=O)C2C3C=CC(C3)C2C1=O. The van der Waals surface area contributed by atoms with Gasteiger partial charge in [0.15, 0.2) is 0 Å². The Labute approximate surface area is 147 Å². The highest BCUT2D eigenvalue weighted by atomic mass is 16.2. The highest BCUT2D eigenvalue weighted by molar-refractivity contribution is 6.08. The number of carbonyl (C=O) groups excluding carboxylic acids is 4. The van der Waals surface area contributed by atoms with Crippen molar-refractivity contribution >= 4 is 23.6 Å². The molecule has 4 atom stereocenters.